The second kappa shape index (κ2) is 9.57. The number of hydrogen-bond donors (Lipinski definition) is 2. The molecule has 0 spiro atoms. The Kier molecular flexibility index (Phi) is 6.65. The van der Waals surface area contributed by atoms with Gasteiger partial charge in [0.05, 0.1) is 11.8 Å². The fourth-order valence-electron chi connectivity index (χ4n) is 2.39. The zero-order valence-electron chi connectivity index (χ0n) is 15.2. The van der Waals surface area contributed by atoms with Crippen molar-refractivity contribution >= 4 is 35.1 Å². The van der Waals surface area contributed by atoms with Crippen LogP contribution in [-0.4, -0.2) is 24.4 Å². The van der Waals surface area contributed by atoms with E-state index in [0.717, 1.165) is 5.56 Å². The Bertz CT molecular complexity index is 1000. The molecule has 0 saturated carbocycles. The maximum Gasteiger partial charge on any atom is 0.338 e. The number of hydrogen-bond acceptors (Lipinski definition) is 5. The third-order valence-corrected chi connectivity index (χ3v) is 4.26. The first-order valence-electron chi connectivity index (χ1n) is 8.65. The lowest BCUT2D eigenvalue weighted by molar-refractivity contribution is -0.124. The molecule has 148 valence electrons. The minimum Gasteiger partial charge on any atom is -0.459 e. The zero-order chi connectivity index (χ0) is 20.6. The number of esters is 1. The number of halogens is 1. The Hall–Kier alpha value is -3.58. The van der Waals surface area contributed by atoms with Gasteiger partial charge in [-0.1, -0.05) is 29.8 Å². The molecular formula is C21H17ClN2O5. The van der Waals surface area contributed by atoms with Crippen LogP contribution < -0.4 is 10.6 Å². The minimum atomic E-state index is -0.651. The summed E-state index contributed by atoms with van der Waals surface area (Å²) in [6.45, 7) is -0.180. The number of ether oxygens (including phenoxy) is 1. The lowest BCUT2D eigenvalue weighted by Gasteiger charge is -2.08. The third-order valence-electron chi connectivity index (χ3n) is 3.89. The number of furan rings is 1. The van der Waals surface area contributed by atoms with E-state index < -0.39 is 24.4 Å². The van der Waals surface area contributed by atoms with Crippen molar-refractivity contribution in [2.75, 3.05) is 11.9 Å². The van der Waals surface area contributed by atoms with E-state index >= 15 is 0 Å². The van der Waals surface area contributed by atoms with Gasteiger partial charge >= 0.3 is 5.97 Å². The number of nitrogens with one attached hydrogen (secondary N) is 2. The highest BCUT2D eigenvalue weighted by atomic mass is 35.5. The summed E-state index contributed by atoms with van der Waals surface area (Å²) in [4.78, 5) is 35.8. The van der Waals surface area contributed by atoms with E-state index in [-0.39, 0.29) is 17.9 Å². The molecule has 0 fully saturated rings. The highest BCUT2D eigenvalue weighted by molar-refractivity contribution is 6.31. The van der Waals surface area contributed by atoms with Crippen LogP contribution in [0.1, 0.15) is 26.5 Å². The third kappa shape index (κ3) is 5.70. The Morgan fingerprint density at radius 2 is 1.72 bits per heavy atom. The fraction of sp³-hybridized carbons (Fsp3) is 0.0952. The molecule has 0 atom stereocenters. The highest BCUT2D eigenvalue weighted by Gasteiger charge is 2.12. The molecule has 3 rings (SSSR count). The van der Waals surface area contributed by atoms with Crippen molar-refractivity contribution in [3.63, 3.8) is 0 Å². The van der Waals surface area contributed by atoms with Crippen LogP contribution in [0.5, 0.6) is 0 Å². The van der Waals surface area contributed by atoms with Crippen molar-refractivity contribution in [1.82, 2.24) is 5.32 Å². The molecule has 1 heterocycles. The maximum absolute atomic E-state index is 12.1. The smallest absolute Gasteiger partial charge is 0.338 e. The summed E-state index contributed by atoms with van der Waals surface area (Å²) >= 11 is 6.02. The van der Waals surface area contributed by atoms with Crippen molar-refractivity contribution in [3.05, 3.63) is 88.8 Å². The lowest BCUT2D eigenvalue weighted by Crippen LogP contribution is -2.28. The van der Waals surface area contributed by atoms with E-state index in [2.05, 4.69) is 10.6 Å². The Labute approximate surface area is 171 Å². The lowest BCUT2D eigenvalue weighted by atomic mass is 10.2. The number of amides is 2. The number of carbonyl (C=O) groups is 3. The maximum atomic E-state index is 12.1. The summed E-state index contributed by atoms with van der Waals surface area (Å²) < 4.78 is 10.0. The first-order chi connectivity index (χ1) is 14.0. The molecule has 7 nitrogen and oxygen atoms in total. The van der Waals surface area contributed by atoms with Gasteiger partial charge in [0.2, 0.25) is 0 Å². The van der Waals surface area contributed by atoms with Gasteiger partial charge in [-0.05, 0) is 48.0 Å². The average molecular weight is 413 g/mol. The Morgan fingerprint density at radius 3 is 2.41 bits per heavy atom. The molecule has 0 bridgehead atoms. The van der Waals surface area contributed by atoms with Gasteiger partial charge in [0.15, 0.2) is 12.4 Å². The molecule has 0 saturated heterocycles. The van der Waals surface area contributed by atoms with Gasteiger partial charge in [0, 0.05) is 17.3 Å². The van der Waals surface area contributed by atoms with Gasteiger partial charge in [0.25, 0.3) is 11.8 Å². The van der Waals surface area contributed by atoms with Gasteiger partial charge in [-0.2, -0.15) is 0 Å². The first kappa shape index (κ1) is 20.2. The summed E-state index contributed by atoms with van der Waals surface area (Å²) in [5, 5.41) is 5.82. The molecule has 29 heavy (non-hydrogen) atoms. The second-order valence-corrected chi connectivity index (χ2v) is 6.36. The predicted octanol–water partition coefficient (Wildman–Crippen LogP) is 3.66. The standard InChI is InChI=1S/C21H17ClN2O5/c22-17-5-2-1-4-15(17)12-23-19(25)13-29-21(27)14-7-9-16(10-8-14)24-20(26)18-6-3-11-28-18/h1-11H,12-13H2,(H,23,25)(H,24,26). The van der Waals surface area contributed by atoms with E-state index in [1.165, 1.54) is 24.5 Å². The van der Waals surface area contributed by atoms with Crippen LogP contribution in [0.4, 0.5) is 5.69 Å². The van der Waals surface area contributed by atoms with Crippen molar-refractivity contribution in [2.45, 2.75) is 6.54 Å². The van der Waals surface area contributed by atoms with E-state index in [1.807, 2.05) is 6.07 Å². The van der Waals surface area contributed by atoms with Crippen LogP contribution in [0.3, 0.4) is 0 Å². The summed E-state index contributed by atoms with van der Waals surface area (Å²) in [6, 6.07) is 16.4. The number of anilines is 1. The summed E-state index contributed by atoms with van der Waals surface area (Å²) in [5.41, 5.74) is 1.50. The van der Waals surface area contributed by atoms with Crippen LogP contribution in [0.15, 0.2) is 71.3 Å². The van der Waals surface area contributed by atoms with Crippen molar-refractivity contribution in [1.29, 1.82) is 0 Å². The molecule has 2 amide bonds. The van der Waals surface area contributed by atoms with E-state index in [9.17, 15) is 14.4 Å². The largest absolute Gasteiger partial charge is 0.459 e. The topological polar surface area (TPSA) is 97.6 Å². The fourth-order valence-corrected chi connectivity index (χ4v) is 2.59. The quantitative estimate of drug-likeness (QED) is 0.577. The molecular weight excluding hydrogens is 396 g/mol. The normalized spacial score (nSPS) is 10.2. The number of rotatable bonds is 7. The van der Waals surface area contributed by atoms with Crippen LogP contribution in [0, 0.1) is 0 Å². The van der Waals surface area contributed by atoms with Crippen LogP contribution in [0.2, 0.25) is 5.02 Å². The monoisotopic (exact) mass is 412 g/mol. The van der Waals surface area contributed by atoms with Gasteiger partial charge in [-0.3, -0.25) is 9.59 Å². The van der Waals surface area contributed by atoms with Crippen molar-refractivity contribution in [2.24, 2.45) is 0 Å². The first-order valence-corrected chi connectivity index (χ1v) is 9.03. The zero-order valence-corrected chi connectivity index (χ0v) is 15.9. The molecule has 0 aliphatic heterocycles. The van der Waals surface area contributed by atoms with E-state index in [1.54, 1.807) is 36.4 Å². The van der Waals surface area contributed by atoms with Gasteiger partial charge in [-0.15, -0.1) is 0 Å². The molecule has 0 radical (unpaired) electrons. The molecule has 2 aromatic carbocycles. The van der Waals surface area contributed by atoms with Crippen LogP contribution in [-0.2, 0) is 16.1 Å². The molecule has 1 aromatic heterocycles. The molecule has 0 aliphatic carbocycles. The van der Waals surface area contributed by atoms with Crippen molar-refractivity contribution < 1.29 is 23.5 Å². The van der Waals surface area contributed by atoms with E-state index in [4.69, 9.17) is 20.8 Å². The van der Waals surface area contributed by atoms with Gasteiger partial charge in [0.1, 0.15) is 0 Å². The predicted molar refractivity (Wildman–Crippen MR) is 107 cm³/mol. The van der Waals surface area contributed by atoms with Crippen molar-refractivity contribution in [3.8, 4) is 0 Å². The second-order valence-electron chi connectivity index (χ2n) is 5.95. The van der Waals surface area contributed by atoms with Crippen LogP contribution in [0.25, 0.3) is 0 Å². The molecule has 3 aromatic rings. The SMILES string of the molecule is O=C(COC(=O)c1ccc(NC(=O)c2ccco2)cc1)NCc1ccccc1Cl. The number of carbonyl (C=O) groups excluding carboxylic acids is 3. The summed E-state index contributed by atoms with van der Waals surface area (Å²) in [7, 11) is 0. The Balaban J connectivity index is 1.46. The average Bonchev–Trinajstić information content (AvgIpc) is 3.27. The highest BCUT2D eigenvalue weighted by Crippen LogP contribution is 2.14. The van der Waals surface area contributed by atoms with Gasteiger partial charge < -0.3 is 19.8 Å². The van der Waals surface area contributed by atoms with Gasteiger partial charge in [-0.25, -0.2) is 4.79 Å². The minimum absolute atomic E-state index is 0.177. The van der Waals surface area contributed by atoms with Crippen LogP contribution >= 0.6 is 11.6 Å². The molecule has 2 N–H and O–H groups in total. The summed E-state index contributed by atoms with van der Waals surface area (Å²) in [6.07, 6.45) is 1.40. The summed E-state index contributed by atoms with van der Waals surface area (Å²) in [5.74, 6) is -1.32. The molecule has 0 unspecified atom stereocenters. The molecule has 0 aliphatic rings. The Morgan fingerprint density at radius 1 is 0.966 bits per heavy atom. The number of benzene rings is 2. The molecule has 8 heteroatoms. The van der Waals surface area contributed by atoms with E-state index in [0.29, 0.717) is 10.7 Å².